The Labute approximate surface area is 233 Å². The second-order valence-electron chi connectivity index (χ2n) is 12.3. The van der Waals surface area contributed by atoms with Gasteiger partial charge in [-0.2, -0.15) is 0 Å². The Hall–Kier alpha value is -3.55. The molecule has 2 atom stereocenters. The van der Waals surface area contributed by atoms with Crippen molar-refractivity contribution in [2.45, 2.75) is 71.6 Å². The summed E-state index contributed by atoms with van der Waals surface area (Å²) in [7, 11) is 0. The zero-order valence-electron chi connectivity index (χ0n) is 24.0. The van der Waals surface area contributed by atoms with Crippen molar-refractivity contribution < 1.29 is 18.8 Å². The topological polar surface area (TPSA) is 73.3 Å². The van der Waals surface area contributed by atoms with Crippen LogP contribution in [0.3, 0.4) is 0 Å². The standard InChI is InChI=1S/C33H36FN3O3/c1-19-29(20(2)40-36-19)23-15-28-30(35-18-23)26-12-9-24(33(5,6)38)16-27(26)37(28)31(21-7-10-25(34)11-8-21)22-13-14-39-32(3,4)17-22/h7-12,15-16,18,22,31,38H,13-14,17H2,1-6H3/t22?,31-/m1/s1. The van der Waals surface area contributed by atoms with E-state index in [1.165, 1.54) is 12.1 Å². The Balaban J connectivity index is 1.69. The highest BCUT2D eigenvalue weighted by molar-refractivity contribution is 6.07. The third-order valence-corrected chi connectivity index (χ3v) is 8.34. The average Bonchev–Trinajstić information content (AvgIpc) is 3.40. The number of pyridine rings is 1. The second kappa shape index (κ2) is 9.53. The van der Waals surface area contributed by atoms with Crippen molar-refractivity contribution >= 4 is 21.9 Å². The predicted octanol–water partition coefficient (Wildman–Crippen LogP) is 7.62. The van der Waals surface area contributed by atoms with Gasteiger partial charge in [0.05, 0.1) is 39.5 Å². The third-order valence-electron chi connectivity index (χ3n) is 8.34. The zero-order valence-corrected chi connectivity index (χ0v) is 24.0. The first kappa shape index (κ1) is 26.7. The number of ether oxygens (including phenoxy) is 1. The van der Waals surface area contributed by atoms with Crippen LogP contribution in [0.4, 0.5) is 4.39 Å². The summed E-state index contributed by atoms with van der Waals surface area (Å²) in [6, 6.07) is 15.0. The van der Waals surface area contributed by atoms with Crippen LogP contribution in [0.2, 0.25) is 0 Å². The molecule has 0 spiro atoms. The van der Waals surface area contributed by atoms with Crippen LogP contribution in [0.5, 0.6) is 0 Å². The molecule has 1 unspecified atom stereocenters. The number of aliphatic hydroxyl groups is 1. The van der Waals surface area contributed by atoms with Crippen LogP contribution >= 0.6 is 0 Å². The molecule has 0 bridgehead atoms. The van der Waals surface area contributed by atoms with Gasteiger partial charge >= 0.3 is 0 Å². The van der Waals surface area contributed by atoms with Crippen molar-refractivity contribution in [3.05, 3.63) is 83.1 Å². The molecule has 1 fully saturated rings. The van der Waals surface area contributed by atoms with Gasteiger partial charge in [-0.3, -0.25) is 4.98 Å². The summed E-state index contributed by atoms with van der Waals surface area (Å²) < 4.78 is 28.1. The molecule has 208 valence electrons. The number of benzene rings is 2. The molecule has 0 aliphatic carbocycles. The van der Waals surface area contributed by atoms with Gasteiger partial charge in [0.15, 0.2) is 0 Å². The van der Waals surface area contributed by atoms with Crippen LogP contribution in [0, 0.1) is 25.6 Å². The summed E-state index contributed by atoms with van der Waals surface area (Å²) in [5, 5.41) is 16.1. The van der Waals surface area contributed by atoms with Crippen molar-refractivity contribution in [3.63, 3.8) is 0 Å². The predicted molar refractivity (Wildman–Crippen MR) is 155 cm³/mol. The molecule has 40 heavy (non-hydrogen) atoms. The highest BCUT2D eigenvalue weighted by Gasteiger charge is 2.37. The maximum atomic E-state index is 14.2. The lowest BCUT2D eigenvalue weighted by Gasteiger charge is -2.40. The summed E-state index contributed by atoms with van der Waals surface area (Å²) in [6.07, 6.45) is 3.60. The Morgan fingerprint density at radius 2 is 1.82 bits per heavy atom. The molecule has 0 amide bonds. The van der Waals surface area contributed by atoms with Gasteiger partial charge in [0, 0.05) is 29.3 Å². The molecular weight excluding hydrogens is 505 g/mol. The van der Waals surface area contributed by atoms with Gasteiger partial charge in [-0.1, -0.05) is 29.4 Å². The molecule has 1 aliphatic heterocycles. The highest BCUT2D eigenvalue weighted by Crippen LogP contribution is 2.44. The van der Waals surface area contributed by atoms with E-state index >= 15 is 0 Å². The second-order valence-corrected chi connectivity index (χ2v) is 12.3. The fourth-order valence-electron chi connectivity index (χ4n) is 6.46. The molecule has 6 rings (SSSR count). The van der Waals surface area contributed by atoms with E-state index in [0.717, 1.165) is 68.5 Å². The van der Waals surface area contributed by atoms with Crippen LogP contribution in [0.15, 0.2) is 59.3 Å². The number of rotatable bonds is 5. The molecule has 7 heteroatoms. The van der Waals surface area contributed by atoms with Crippen LogP contribution in [0.1, 0.15) is 69.2 Å². The van der Waals surface area contributed by atoms with E-state index in [4.69, 9.17) is 14.2 Å². The lowest BCUT2D eigenvalue weighted by Crippen LogP contribution is -2.37. The summed E-state index contributed by atoms with van der Waals surface area (Å²) in [5.41, 5.74) is 6.07. The van der Waals surface area contributed by atoms with E-state index in [9.17, 15) is 9.50 Å². The van der Waals surface area contributed by atoms with Gasteiger partial charge in [-0.05, 0) is 95.7 Å². The van der Waals surface area contributed by atoms with E-state index < -0.39 is 5.60 Å². The van der Waals surface area contributed by atoms with E-state index in [1.54, 1.807) is 13.8 Å². The Kier molecular flexibility index (Phi) is 6.35. The smallest absolute Gasteiger partial charge is 0.141 e. The average molecular weight is 542 g/mol. The minimum absolute atomic E-state index is 0.109. The summed E-state index contributed by atoms with van der Waals surface area (Å²) in [6.45, 7) is 12.4. The molecule has 1 N–H and O–H groups in total. The molecule has 4 heterocycles. The fraction of sp³-hybridized carbons (Fsp3) is 0.394. The molecule has 3 aromatic heterocycles. The van der Waals surface area contributed by atoms with Crippen LogP contribution in [-0.4, -0.2) is 32.0 Å². The maximum Gasteiger partial charge on any atom is 0.141 e. The quantitative estimate of drug-likeness (QED) is 0.248. The first-order valence-electron chi connectivity index (χ1n) is 13.9. The molecule has 0 radical (unpaired) electrons. The number of nitrogens with zero attached hydrogens (tertiary/aromatic N) is 3. The Bertz CT molecular complexity index is 1690. The number of aromatic nitrogens is 3. The highest BCUT2D eigenvalue weighted by atomic mass is 19.1. The van der Waals surface area contributed by atoms with E-state index in [-0.39, 0.29) is 23.4 Å². The van der Waals surface area contributed by atoms with Gasteiger partial charge in [0.2, 0.25) is 0 Å². The Morgan fingerprint density at radius 3 is 2.48 bits per heavy atom. The third kappa shape index (κ3) is 4.61. The Morgan fingerprint density at radius 1 is 1.07 bits per heavy atom. The van der Waals surface area contributed by atoms with Crippen molar-refractivity contribution in [1.82, 2.24) is 14.7 Å². The molecule has 6 nitrogen and oxygen atoms in total. The van der Waals surface area contributed by atoms with Crippen molar-refractivity contribution in [3.8, 4) is 11.1 Å². The first-order valence-corrected chi connectivity index (χ1v) is 13.9. The number of hydrogen-bond donors (Lipinski definition) is 1. The molecule has 0 saturated carbocycles. The number of hydrogen-bond acceptors (Lipinski definition) is 5. The van der Waals surface area contributed by atoms with E-state index in [2.05, 4.69) is 41.8 Å². The molecule has 5 aromatic rings. The minimum atomic E-state index is -1.02. The molecule has 2 aromatic carbocycles. The first-order chi connectivity index (χ1) is 18.9. The summed E-state index contributed by atoms with van der Waals surface area (Å²) >= 11 is 0. The van der Waals surface area contributed by atoms with Gasteiger partial charge in [-0.15, -0.1) is 0 Å². The molecule has 1 saturated heterocycles. The monoisotopic (exact) mass is 541 g/mol. The number of aryl methyl sites for hydroxylation is 2. The summed E-state index contributed by atoms with van der Waals surface area (Å²) in [5.74, 6) is 0.706. The van der Waals surface area contributed by atoms with Gasteiger partial charge in [0.1, 0.15) is 11.6 Å². The largest absolute Gasteiger partial charge is 0.386 e. The molecule has 1 aliphatic rings. The fourth-order valence-corrected chi connectivity index (χ4v) is 6.46. The zero-order chi connectivity index (χ0) is 28.4. The van der Waals surface area contributed by atoms with Crippen LogP contribution < -0.4 is 0 Å². The normalized spacial score (nSPS) is 18.4. The maximum absolute atomic E-state index is 14.2. The number of fused-ring (bicyclic) bond motifs is 3. The molecular formula is C33H36FN3O3. The van der Waals surface area contributed by atoms with Gasteiger partial charge in [0.25, 0.3) is 0 Å². The number of halogens is 1. The lowest BCUT2D eigenvalue weighted by atomic mass is 9.80. The van der Waals surface area contributed by atoms with Crippen molar-refractivity contribution in [2.75, 3.05) is 6.61 Å². The van der Waals surface area contributed by atoms with Crippen molar-refractivity contribution in [2.24, 2.45) is 5.92 Å². The van der Waals surface area contributed by atoms with Crippen molar-refractivity contribution in [1.29, 1.82) is 0 Å². The van der Waals surface area contributed by atoms with Crippen LogP contribution in [-0.2, 0) is 10.3 Å². The van der Waals surface area contributed by atoms with Gasteiger partial charge in [-0.25, -0.2) is 4.39 Å². The van der Waals surface area contributed by atoms with E-state index in [0.29, 0.717) is 6.61 Å². The lowest BCUT2D eigenvalue weighted by molar-refractivity contribution is -0.0779. The van der Waals surface area contributed by atoms with Crippen LogP contribution in [0.25, 0.3) is 33.1 Å². The van der Waals surface area contributed by atoms with Gasteiger partial charge < -0.3 is 18.9 Å². The SMILES string of the molecule is Cc1noc(C)c1-c1cnc2c3ccc(C(C)(C)O)cc3n([C@H](c3ccc(F)cc3)C3CCOC(C)(C)C3)c2c1. The summed E-state index contributed by atoms with van der Waals surface area (Å²) in [4.78, 5) is 4.99. The van der Waals surface area contributed by atoms with E-state index in [1.807, 2.05) is 38.2 Å². The minimum Gasteiger partial charge on any atom is -0.386 e.